The number of esters is 1. The summed E-state index contributed by atoms with van der Waals surface area (Å²) in [7, 11) is 1.28. The van der Waals surface area contributed by atoms with Crippen molar-refractivity contribution in [3.8, 4) is 0 Å². The number of carbonyl (C=O) groups excluding carboxylic acids is 2. The Hall–Kier alpha value is -2.55. The van der Waals surface area contributed by atoms with Crippen molar-refractivity contribution in [3.63, 3.8) is 0 Å². The predicted octanol–water partition coefficient (Wildman–Crippen LogP) is 2.40. The summed E-state index contributed by atoms with van der Waals surface area (Å²) in [6.07, 6.45) is 3.70. The van der Waals surface area contributed by atoms with Crippen LogP contribution in [-0.2, 0) is 20.9 Å². The monoisotopic (exact) mass is 363 g/mol. The first-order valence-electron chi connectivity index (χ1n) is 7.93. The second-order valence-electron chi connectivity index (χ2n) is 5.89. The lowest BCUT2D eigenvalue weighted by Gasteiger charge is -2.05. The lowest BCUT2D eigenvalue weighted by atomic mass is 10.1. The minimum absolute atomic E-state index is 0.0485. The van der Waals surface area contributed by atoms with Crippen LogP contribution in [0.3, 0.4) is 0 Å². The minimum atomic E-state index is -0.482. The van der Waals surface area contributed by atoms with E-state index in [4.69, 9.17) is 4.74 Å². The average molecular weight is 363 g/mol. The summed E-state index contributed by atoms with van der Waals surface area (Å²) in [5.74, 6) is -0.754. The van der Waals surface area contributed by atoms with Gasteiger partial charge in [-0.15, -0.1) is 0 Å². The molecule has 9 heteroatoms. The Bertz CT molecular complexity index is 908. The molecule has 1 amide bonds. The number of hydrogen-bond donors (Lipinski definition) is 0. The highest BCUT2D eigenvalue weighted by molar-refractivity contribution is 7.16. The molecule has 0 radical (unpaired) electrons. The summed E-state index contributed by atoms with van der Waals surface area (Å²) < 4.78 is 6.87. The van der Waals surface area contributed by atoms with Gasteiger partial charge in [-0.05, 0) is 18.9 Å². The average Bonchev–Trinajstić information content (AvgIpc) is 3.23. The smallest absolute Gasteiger partial charge is 0.325 e. The molecule has 2 aromatic rings. The van der Waals surface area contributed by atoms with Gasteiger partial charge in [0.2, 0.25) is 0 Å². The maximum atomic E-state index is 12.4. The molecule has 0 unspecified atom stereocenters. The largest absolute Gasteiger partial charge is 0.468 e. The third-order valence-corrected chi connectivity index (χ3v) is 5.34. The molecule has 0 bridgehead atoms. The van der Waals surface area contributed by atoms with Crippen molar-refractivity contribution in [2.24, 2.45) is 10.9 Å². The van der Waals surface area contributed by atoms with Crippen LogP contribution in [0.2, 0.25) is 0 Å². The number of thiazole rings is 1. The number of ether oxygens (including phenoxy) is 1. The molecule has 25 heavy (non-hydrogen) atoms. The van der Waals surface area contributed by atoms with Gasteiger partial charge < -0.3 is 9.30 Å². The molecule has 0 atom stereocenters. The van der Waals surface area contributed by atoms with Crippen LogP contribution in [0, 0.1) is 16.0 Å². The summed E-state index contributed by atoms with van der Waals surface area (Å²) in [6.45, 7) is -0.106. The molecule has 1 fully saturated rings. The number of carbonyl (C=O) groups is 2. The van der Waals surface area contributed by atoms with E-state index in [0.29, 0.717) is 15.0 Å². The van der Waals surface area contributed by atoms with Crippen LogP contribution in [0.15, 0.2) is 23.2 Å². The Morgan fingerprint density at radius 1 is 1.40 bits per heavy atom. The van der Waals surface area contributed by atoms with Crippen molar-refractivity contribution in [1.29, 1.82) is 0 Å². The van der Waals surface area contributed by atoms with Crippen molar-refractivity contribution < 1.29 is 19.2 Å². The van der Waals surface area contributed by atoms with E-state index in [1.165, 1.54) is 19.2 Å². The molecule has 0 aliphatic heterocycles. The lowest BCUT2D eigenvalue weighted by Crippen LogP contribution is -2.23. The van der Waals surface area contributed by atoms with Gasteiger partial charge in [-0.3, -0.25) is 19.7 Å². The van der Waals surface area contributed by atoms with Crippen molar-refractivity contribution >= 4 is 39.1 Å². The Morgan fingerprint density at radius 2 is 2.12 bits per heavy atom. The second-order valence-corrected chi connectivity index (χ2v) is 6.90. The Balaban J connectivity index is 2.10. The number of aromatic nitrogens is 1. The summed E-state index contributed by atoms with van der Waals surface area (Å²) >= 11 is 1.16. The van der Waals surface area contributed by atoms with E-state index in [1.807, 2.05) is 0 Å². The standard InChI is InChI=1S/C16H17N3O5S/c1-24-14(20)9-18-12-7-6-11(19(22)23)8-13(12)25-16(18)17-15(21)10-4-2-3-5-10/h6-8,10H,2-5,9H2,1H3. The van der Waals surface area contributed by atoms with Gasteiger partial charge in [0.05, 0.1) is 22.2 Å². The van der Waals surface area contributed by atoms with Crippen LogP contribution in [0.1, 0.15) is 25.7 Å². The summed E-state index contributed by atoms with van der Waals surface area (Å²) in [5.41, 5.74) is 0.562. The molecule has 3 rings (SSSR count). The van der Waals surface area contributed by atoms with Crippen molar-refractivity contribution in [3.05, 3.63) is 33.1 Å². The number of nitro benzene ring substituents is 1. The van der Waals surface area contributed by atoms with E-state index < -0.39 is 10.9 Å². The van der Waals surface area contributed by atoms with Gasteiger partial charge in [-0.1, -0.05) is 24.2 Å². The number of nitro groups is 1. The molecular weight excluding hydrogens is 346 g/mol. The topological polar surface area (TPSA) is 104 Å². The summed E-state index contributed by atoms with van der Waals surface area (Å²) in [4.78, 5) is 39.1. The van der Waals surface area contributed by atoms with Gasteiger partial charge in [-0.2, -0.15) is 4.99 Å². The quantitative estimate of drug-likeness (QED) is 0.471. The first-order chi connectivity index (χ1) is 12.0. The van der Waals surface area contributed by atoms with E-state index in [1.54, 1.807) is 10.6 Å². The Morgan fingerprint density at radius 3 is 2.76 bits per heavy atom. The van der Waals surface area contributed by atoms with E-state index in [9.17, 15) is 19.7 Å². The molecule has 0 spiro atoms. The van der Waals surface area contributed by atoms with Gasteiger partial charge in [0.1, 0.15) is 6.54 Å². The third kappa shape index (κ3) is 3.60. The second kappa shape index (κ2) is 7.14. The minimum Gasteiger partial charge on any atom is -0.468 e. The predicted molar refractivity (Wildman–Crippen MR) is 91.0 cm³/mol. The Kier molecular flexibility index (Phi) is 4.93. The van der Waals surface area contributed by atoms with Crippen LogP contribution in [0.25, 0.3) is 10.2 Å². The van der Waals surface area contributed by atoms with E-state index >= 15 is 0 Å². The first-order valence-corrected chi connectivity index (χ1v) is 8.74. The molecule has 1 heterocycles. The molecule has 0 saturated heterocycles. The molecule has 1 aromatic heterocycles. The van der Waals surface area contributed by atoms with Crippen LogP contribution in [0.4, 0.5) is 5.69 Å². The zero-order valence-electron chi connectivity index (χ0n) is 13.6. The number of hydrogen-bond acceptors (Lipinski definition) is 6. The molecule has 1 aliphatic carbocycles. The van der Waals surface area contributed by atoms with Gasteiger partial charge in [0.25, 0.3) is 11.6 Å². The van der Waals surface area contributed by atoms with E-state index in [2.05, 4.69) is 4.99 Å². The molecule has 1 saturated carbocycles. The summed E-state index contributed by atoms with van der Waals surface area (Å²) in [5, 5.41) is 11.0. The molecule has 0 N–H and O–H groups in total. The molecular formula is C16H17N3O5S. The highest BCUT2D eigenvalue weighted by Crippen LogP contribution is 2.26. The molecule has 1 aliphatic rings. The van der Waals surface area contributed by atoms with Crippen LogP contribution >= 0.6 is 11.3 Å². The van der Waals surface area contributed by atoms with Gasteiger partial charge in [0.15, 0.2) is 4.80 Å². The fourth-order valence-corrected chi connectivity index (χ4v) is 4.03. The zero-order valence-corrected chi connectivity index (χ0v) is 14.5. The normalized spacial score (nSPS) is 15.6. The summed E-state index contributed by atoms with van der Waals surface area (Å²) in [6, 6.07) is 4.35. The SMILES string of the molecule is COC(=O)Cn1c(=NC(=O)C2CCCC2)sc2cc([N+](=O)[O-])ccc21. The number of rotatable bonds is 4. The van der Waals surface area contributed by atoms with Gasteiger partial charge >= 0.3 is 5.97 Å². The van der Waals surface area contributed by atoms with Crippen molar-refractivity contribution in [2.75, 3.05) is 7.11 Å². The molecule has 132 valence electrons. The zero-order chi connectivity index (χ0) is 18.0. The van der Waals surface area contributed by atoms with E-state index in [-0.39, 0.29) is 24.1 Å². The fourth-order valence-electron chi connectivity index (χ4n) is 2.97. The fraction of sp³-hybridized carbons (Fsp3) is 0.438. The lowest BCUT2D eigenvalue weighted by molar-refractivity contribution is -0.384. The Labute approximate surface area is 146 Å². The van der Waals surface area contributed by atoms with Gasteiger partial charge in [0, 0.05) is 18.1 Å². The van der Waals surface area contributed by atoms with Crippen molar-refractivity contribution in [1.82, 2.24) is 4.57 Å². The highest BCUT2D eigenvalue weighted by Gasteiger charge is 2.23. The first kappa shape index (κ1) is 17.3. The number of amides is 1. The number of nitrogens with zero attached hydrogens (tertiary/aromatic N) is 3. The van der Waals surface area contributed by atoms with E-state index in [0.717, 1.165) is 37.0 Å². The maximum Gasteiger partial charge on any atom is 0.325 e. The van der Waals surface area contributed by atoms with Gasteiger partial charge in [-0.25, -0.2) is 0 Å². The van der Waals surface area contributed by atoms with Crippen LogP contribution in [0.5, 0.6) is 0 Å². The number of fused-ring (bicyclic) bond motifs is 1. The van der Waals surface area contributed by atoms with Crippen LogP contribution in [-0.4, -0.2) is 28.5 Å². The number of methoxy groups -OCH3 is 1. The van der Waals surface area contributed by atoms with Crippen LogP contribution < -0.4 is 4.80 Å². The highest BCUT2D eigenvalue weighted by atomic mass is 32.1. The number of non-ortho nitro benzene ring substituents is 1. The third-order valence-electron chi connectivity index (χ3n) is 4.30. The van der Waals surface area contributed by atoms with Crippen molar-refractivity contribution in [2.45, 2.75) is 32.2 Å². The molecule has 1 aromatic carbocycles. The molecule has 8 nitrogen and oxygen atoms in total. The number of benzene rings is 1. The maximum absolute atomic E-state index is 12.4.